The number of nitrogens with zero attached hydrogens (tertiary/aromatic N) is 2. The fourth-order valence-electron chi connectivity index (χ4n) is 1.50. The summed E-state index contributed by atoms with van der Waals surface area (Å²) in [5.74, 6) is 0. The maximum absolute atomic E-state index is 11.7. The number of benzene rings is 1. The second-order valence-electron chi connectivity index (χ2n) is 3.90. The Hall–Kier alpha value is -2.63. The van der Waals surface area contributed by atoms with Crippen LogP contribution in [0.4, 0.5) is 0 Å². The Morgan fingerprint density at radius 3 is 2.47 bits per heavy atom. The number of aromatic amines is 1. The van der Waals surface area contributed by atoms with Crippen LogP contribution in [0.3, 0.4) is 0 Å². The van der Waals surface area contributed by atoms with Crippen molar-refractivity contribution in [1.82, 2.24) is 4.98 Å². The number of hydrogen-bond donors (Lipinski definition) is 1. The van der Waals surface area contributed by atoms with Crippen LogP contribution in [0.2, 0.25) is 0 Å². The van der Waals surface area contributed by atoms with Crippen LogP contribution < -0.4 is 14.8 Å². The Morgan fingerprint density at radius 1 is 1.26 bits per heavy atom. The van der Waals surface area contributed by atoms with E-state index in [1.54, 1.807) is 18.2 Å². The Balaban J connectivity index is 2.64. The summed E-state index contributed by atoms with van der Waals surface area (Å²) >= 11 is 1.11. The molecule has 0 atom stereocenters. The normalized spacial score (nSPS) is 10.8. The van der Waals surface area contributed by atoms with Gasteiger partial charge in [-0.2, -0.15) is 10.5 Å². The third kappa shape index (κ3) is 2.79. The van der Waals surface area contributed by atoms with Gasteiger partial charge in [0.15, 0.2) is 5.57 Å². The van der Waals surface area contributed by atoms with Gasteiger partial charge in [0.2, 0.25) is 0 Å². The molecule has 0 spiro atoms. The number of H-pyrrole nitrogens is 1. The Morgan fingerprint density at radius 2 is 1.89 bits per heavy atom. The van der Waals surface area contributed by atoms with Gasteiger partial charge in [0.1, 0.15) is 16.8 Å². The molecule has 1 heterocycles. The van der Waals surface area contributed by atoms with Gasteiger partial charge >= 0.3 is 0 Å². The number of nitrogens with one attached hydrogen (secondary N) is 1. The zero-order valence-electron chi connectivity index (χ0n) is 10.1. The van der Waals surface area contributed by atoms with Crippen LogP contribution in [0.15, 0.2) is 29.1 Å². The maximum atomic E-state index is 11.7. The average molecular weight is 267 g/mol. The lowest BCUT2D eigenvalue weighted by Gasteiger charge is -1.92. The molecule has 0 saturated carbocycles. The predicted molar refractivity (Wildman–Crippen MR) is 73.6 cm³/mol. The van der Waals surface area contributed by atoms with E-state index >= 15 is 0 Å². The van der Waals surface area contributed by atoms with E-state index in [9.17, 15) is 4.79 Å². The number of aromatic nitrogens is 1. The molecule has 0 aliphatic heterocycles. The summed E-state index contributed by atoms with van der Waals surface area (Å²) in [7, 11) is 0. The second kappa shape index (κ2) is 5.34. The fraction of sp³-hybridized carbons (Fsp3) is 0.0714. The first-order valence-corrected chi connectivity index (χ1v) is 6.27. The molecule has 0 radical (unpaired) electrons. The Labute approximate surface area is 113 Å². The highest BCUT2D eigenvalue weighted by molar-refractivity contribution is 7.07. The molecule has 0 fully saturated rings. The van der Waals surface area contributed by atoms with Crippen molar-refractivity contribution < 1.29 is 0 Å². The minimum atomic E-state index is -0.288. The van der Waals surface area contributed by atoms with E-state index in [2.05, 4.69) is 4.98 Å². The first-order chi connectivity index (χ1) is 9.13. The van der Waals surface area contributed by atoms with Gasteiger partial charge in [-0.3, -0.25) is 4.79 Å². The summed E-state index contributed by atoms with van der Waals surface area (Å²) < 4.78 is 0.773. The van der Waals surface area contributed by atoms with Gasteiger partial charge in [-0.1, -0.05) is 29.8 Å². The number of rotatable bonds is 1. The molecule has 4 nitrogen and oxygen atoms in total. The van der Waals surface area contributed by atoms with Gasteiger partial charge < -0.3 is 4.98 Å². The van der Waals surface area contributed by atoms with Crippen molar-refractivity contribution in [3.63, 3.8) is 0 Å². The highest BCUT2D eigenvalue weighted by atomic mass is 32.1. The lowest BCUT2D eigenvalue weighted by atomic mass is 10.1. The molecule has 0 unspecified atom stereocenters. The summed E-state index contributed by atoms with van der Waals surface area (Å²) in [4.78, 5) is 14.3. The minimum Gasteiger partial charge on any atom is -0.311 e. The molecule has 0 amide bonds. The smallest absolute Gasteiger partial charge is 0.266 e. The van der Waals surface area contributed by atoms with E-state index in [4.69, 9.17) is 10.5 Å². The quantitative estimate of drug-likeness (QED) is 0.828. The Kier molecular flexibility index (Phi) is 3.61. The van der Waals surface area contributed by atoms with Crippen molar-refractivity contribution in [2.24, 2.45) is 0 Å². The highest BCUT2D eigenvalue weighted by Crippen LogP contribution is 2.03. The molecule has 19 heavy (non-hydrogen) atoms. The summed E-state index contributed by atoms with van der Waals surface area (Å²) in [6.07, 6.45) is 1.73. The topological polar surface area (TPSA) is 80.4 Å². The van der Waals surface area contributed by atoms with Gasteiger partial charge in [0.25, 0.3) is 5.56 Å². The second-order valence-corrected chi connectivity index (χ2v) is 4.96. The zero-order chi connectivity index (χ0) is 13.8. The lowest BCUT2D eigenvalue weighted by Crippen LogP contribution is -2.20. The summed E-state index contributed by atoms with van der Waals surface area (Å²) in [5, 5.41) is 17.5. The number of thiazole rings is 1. The molecule has 1 N–H and O–H groups in total. The standard InChI is InChI=1S/C14H9N3OS/c1-9-2-4-10(5-3-9)6-12-13(18)17-14(19-12)11(7-15)8-16/h2-6H,1H3,(H,17,18)/b12-6-. The molecule has 1 aromatic heterocycles. The third-order valence-corrected chi connectivity index (χ3v) is 3.52. The van der Waals surface area contributed by atoms with Crippen LogP contribution in [-0.4, -0.2) is 4.98 Å². The van der Waals surface area contributed by atoms with Gasteiger partial charge in [0, 0.05) is 0 Å². The molecule has 2 rings (SSSR count). The number of aryl methyl sites for hydroxylation is 1. The van der Waals surface area contributed by atoms with Crippen molar-refractivity contribution in [3.05, 3.63) is 54.9 Å². The lowest BCUT2D eigenvalue weighted by molar-refractivity contribution is 1.25. The van der Waals surface area contributed by atoms with Gasteiger partial charge in [-0.25, -0.2) is 0 Å². The molecule has 0 saturated heterocycles. The molecule has 0 aliphatic rings. The van der Waals surface area contributed by atoms with E-state index in [0.29, 0.717) is 9.20 Å². The van der Waals surface area contributed by atoms with Crippen LogP contribution in [0, 0.1) is 29.6 Å². The van der Waals surface area contributed by atoms with Crippen molar-refractivity contribution in [1.29, 1.82) is 10.5 Å². The fourth-order valence-corrected chi connectivity index (χ4v) is 2.39. The van der Waals surface area contributed by atoms with Crippen molar-refractivity contribution in [3.8, 4) is 12.1 Å². The van der Waals surface area contributed by atoms with Crippen LogP contribution in [-0.2, 0) is 0 Å². The molecule has 92 valence electrons. The summed E-state index contributed by atoms with van der Waals surface area (Å²) in [6.45, 7) is 1.99. The molecule has 1 aromatic carbocycles. The average Bonchev–Trinajstić information content (AvgIpc) is 2.75. The molecule has 0 bridgehead atoms. The van der Waals surface area contributed by atoms with Gasteiger partial charge in [0.05, 0.1) is 4.53 Å². The first kappa shape index (κ1) is 12.8. The molecular weight excluding hydrogens is 258 g/mol. The van der Waals surface area contributed by atoms with E-state index in [1.165, 1.54) is 0 Å². The summed E-state index contributed by atoms with van der Waals surface area (Å²) in [5.41, 5.74) is 1.68. The Bertz CT molecular complexity index is 842. The summed E-state index contributed by atoms with van der Waals surface area (Å²) in [6, 6.07) is 11.3. The van der Waals surface area contributed by atoms with E-state index in [1.807, 2.05) is 31.2 Å². The van der Waals surface area contributed by atoms with E-state index in [0.717, 1.165) is 22.5 Å². The predicted octanol–water partition coefficient (Wildman–Crippen LogP) is 0.771. The van der Waals surface area contributed by atoms with E-state index < -0.39 is 0 Å². The van der Waals surface area contributed by atoms with E-state index in [-0.39, 0.29) is 11.1 Å². The SMILES string of the molecule is Cc1ccc(/C=c2\sc(=C(C#N)C#N)[nH]c2=O)cc1. The van der Waals surface area contributed by atoms with Crippen LogP contribution in [0.1, 0.15) is 11.1 Å². The maximum Gasteiger partial charge on any atom is 0.266 e. The van der Waals surface area contributed by atoms with Crippen molar-refractivity contribution in [2.75, 3.05) is 0 Å². The molecule has 5 heteroatoms. The van der Waals surface area contributed by atoms with Crippen LogP contribution >= 0.6 is 11.3 Å². The molecule has 0 aliphatic carbocycles. The third-order valence-electron chi connectivity index (χ3n) is 2.49. The molecule has 2 aromatic rings. The zero-order valence-corrected chi connectivity index (χ0v) is 10.9. The van der Waals surface area contributed by atoms with Crippen LogP contribution in [0.25, 0.3) is 11.6 Å². The number of hydrogen-bond acceptors (Lipinski definition) is 4. The highest BCUT2D eigenvalue weighted by Gasteiger charge is 2.00. The van der Waals surface area contributed by atoms with Crippen LogP contribution in [0.5, 0.6) is 0 Å². The van der Waals surface area contributed by atoms with Gasteiger partial charge in [-0.05, 0) is 18.6 Å². The monoisotopic (exact) mass is 267 g/mol. The molecular formula is C14H9N3OS. The van der Waals surface area contributed by atoms with Gasteiger partial charge in [-0.15, -0.1) is 11.3 Å². The number of nitriles is 2. The largest absolute Gasteiger partial charge is 0.311 e. The minimum absolute atomic E-state index is 0.0781. The first-order valence-electron chi connectivity index (χ1n) is 5.46. The van der Waals surface area contributed by atoms with Crippen molar-refractivity contribution in [2.45, 2.75) is 6.92 Å². The van der Waals surface area contributed by atoms with Crippen molar-refractivity contribution >= 4 is 23.0 Å².